The lowest BCUT2D eigenvalue weighted by molar-refractivity contribution is 0.203. The van der Waals surface area contributed by atoms with Crippen LogP contribution in [0.25, 0.3) is 0 Å². The van der Waals surface area contributed by atoms with Crippen LogP contribution in [0, 0.1) is 5.92 Å². The van der Waals surface area contributed by atoms with Crippen molar-refractivity contribution >= 4 is 17.4 Å². The molecular weight excluding hydrogens is 260 g/mol. The van der Waals surface area contributed by atoms with Crippen LogP contribution in [-0.2, 0) is 4.74 Å². The number of ether oxygens (including phenoxy) is 1. The predicted molar refractivity (Wildman–Crippen MR) is 79.8 cm³/mol. The standard InChI is InChI=1S/C15H21ClN2O/c1-19-10-9-18(12-13-5-3-2-4-6-13)15-8-7-14(16)11-17-15/h2-3,7-8,11,13H,4-6,9-10,12H2,1H3. The van der Waals surface area contributed by atoms with Crippen LogP contribution in [0.5, 0.6) is 0 Å². The molecule has 1 aliphatic rings. The molecular formula is C15H21ClN2O. The van der Waals surface area contributed by atoms with E-state index < -0.39 is 0 Å². The van der Waals surface area contributed by atoms with Gasteiger partial charge in [0, 0.05) is 26.4 Å². The molecule has 19 heavy (non-hydrogen) atoms. The van der Waals surface area contributed by atoms with Crippen LogP contribution in [0.15, 0.2) is 30.5 Å². The number of hydrogen-bond acceptors (Lipinski definition) is 3. The number of nitrogens with zero attached hydrogens (tertiary/aromatic N) is 2. The van der Waals surface area contributed by atoms with E-state index >= 15 is 0 Å². The van der Waals surface area contributed by atoms with E-state index in [1.807, 2.05) is 12.1 Å². The molecule has 1 unspecified atom stereocenters. The number of hydrogen-bond donors (Lipinski definition) is 0. The summed E-state index contributed by atoms with van der Waals surface area (Å²) in [7, 11) is 1.73. The number of halogens is 1. The molecule has 1 heterocycles. The third kappa shape index (κ3) is 4.51. The van der Waals surface area contributed by atoms with Gasteiger partial charge in [-0.3, -0.25) is 0 Å². The highest BCUT2D eigenvalue weighted by atomic mass is 35.5. The van der Waals surface area contributed by atoms with Crippen LogP contribution >= 0.6 is 11.6 Å². The maximum absolute atomic E-state index is 5.90. The molecule has 1 atom stereocenters. The van der Waals surface area contributed by atoms with Gasteiger partial charge in [-0.05, 0) is 37.3 Å². The van der Waals surface area contributed by atoms with Crippen molar-refractivity contribution in [3.63, 3.8) is 0 Å². The SMILES string of the molecule is COCCN(CC1CC=CCC1)c1ccc(Cl)cn1. The second-order valence-corrected chi connectivity index (χ2v) is 5.36. The molecule has 104 valence electrons. The van der Waals surface area contributed by atoms with Gasteiger partial charge in [-0.15, -0.1) is 0 Å². The number of anilines is 1. The molecule has 0 aromatic carbocycles. The second-order valence-electron chi connectivity index (χ2n) is 4.92. The third-order valence-electron chi connectivity index (χ3n) is 3.46. The van der Waals surface area contributed by atoms with E-state index in [1.54, 1.807) is 13.3 Å². The van der Waals surface area contributed by atoms with Crippen LogP contribution in [0.1, 0.15) is 19.3 Å². The summed E-state index contributed by atoms with van der Waals surface area (Å²) >= 11 is 5.90. The molecule has 0 amide bonds. The molecule has 0 N–H and O–H groups in total. The zero-order valence-electron chi connectivity index (χ0n) is 11.4. The smallest absolute Gasteiger partial charge is 0.128 e. The van der Waals surface area contributed by atoms with Gasteiger partial charge in [0.1, 0.15) is 5.82 Å². The van der Waals surface area contributed by atoms with E-state index in [0.717, 1.165) is 25.3 Å². The van der Waals surface area contributed by atoms with Crippen molar-refractivity contribution in [3.05, 3.63) is 35.5 Å². The average molecular weight is 281 g/mol. The lowest BCUT2D eigenvalue weighted by Crippen LogP contribution is -2.33. The highest BCUT2D eigenvalue weighted by molar-refractivity contribution is 6.30. The van der Waals surface area contributed by atoms with Gasteiger partial charge in [0.2, 0.25) is 0 Å². The molecule has 0 saturated carbocycles. The normalized spacial score (nSPS) is 18.5. The van der Waals surface area contributed by atoms with Gasteiger partial charge in [-0.25, -0.2) is 4.98 Å². The molecule has 0 aliphatic heterocycles. The largest absolute Gasteiger partial charge is 0.383 e. The zero-order chi connectivity index (χ0) is 13.5. The first-order valence-electron chi connectivity index (χ1n) is 6.80. The van der Waals surface area contributed by atoms with Crippen LogP contribution in [0.4, 0.5) is 5.82 Å². The van der Waals surface area contributed by atoms with Crippen LogP contribution in [-0.4, -0.2) is 31.8 Å². The fourth-order valence-electron chi connectivity index (χ4n) is 2.39. The Morgan fingerprint density at radius 1 is 1.42 bits per heavy atom. The number of aromatic nitrogens is 1. The summed E-state index contributed by atoms with van der Waals surface area (Å²) in [6, 6.07) is 3.88. The molecule has 0 spiro atoms. The molecule has 0 fully saturated rings. The summed E-state index contributed by atoms with van der Waals surface area (Å²) in [5, 5.41) is 0.677. The average Bonchev–Trinajstić information content (AvgIpc) is 2.45. The molecule has 0 bridgehead atoms. The minimum absolute atomic E-state index is 0.677. The Kier molecular flexibility index (Phi) is 5.67. The minimum Gasteiger partial charge on any atom is -0.383 e. The topological polar surface area (TPSA) is 25.4 Å². The van der Waals surface area contributed by atoms with E-state index in [1.165, 1.54) is 12.8 Å². The van der Waals surface area contributed by atoms with Crippen LogP contribution in [0.3, 0.4) is 0 Å². The summed E-state index contributed by atoms with van der Waals surface area (Å²) in [6.45, 7) is 2.61. The Hall–Kier alpha value is -1.06. The van der Waals surface area contributed by atoms with E-state index in [2.05, 4.69) is 22.0 Å². The Morgan fingerprint density at radius 2 is 2.32 bits per heavy atom. The van der Waals surface area contributed by atoms with Crippen molar-refractivity contribution in [1.82, 2.24) is 4.98 Å². The second kappa shape index (κ2) is 7.51. The Morgan fingerprint density at radius 3 is 2.95 bits per heavy atom. The fraction of sp³-hybridized carbons (Fsp3) is 0.533. The zero-order valence-corrected chi connectivity index (χ0v) is 12.1. The number of pyridine rings is 1. The molecule has 1 aliphatic carbocycles. The van der Waals surface area contributed by atoms with Crippen molar-refractivity contribution in [2.75, 3.05) is 31.7 Å². The van der Waals surface area contributed by atoms with Crippen LogP contribution < -0.4 is 4.90 Å². The van der Waals surface area contributed by atoms with Crippen LogP contribution in [0.2, 0.25) is 5.02 Å². The quantitative estimate of drug-likeness (QED) is 0.745. The van der Waals surface area contributed by atoms with Gasteiger partial charge in [0.15, 0.2) is 0 Å². The molecule has 4 heteroatoms. The number of allylic oxidation sites excluding steroid dienone is 2. The van der Waals surface area contributed by atoms with Gasteiger partial charge in [0.05, 0.1) is 11.6 Å². The number of rotatable bonds is 6. The number of methoxy groups -OCH3 is 1. The lowest BCUT2D eigenvalue weighted by Gasteiger charge is -2.29. The van der Waals surface area contributed by atoms with Gasteiger partial charge in [0.25, 0.3) is 0 Å². The first kappa shape index (κ1) is 14.4. The van der Waals surface area contributed by atoms with Gasteiger partial charge >= 0.3 is 0 Å². The summed E-state index contributed by atoms with van der Waals surface area (Å²) in [5.74, 6) is 1.69. The molecule has 2 rings (SSSR count). The van der Waals surface area contributed by atoms with E-state index in [0.29, 0.717) is 17.5 Å². The molecule has 3 nitrogen and oxygen atoms in total. The highest BCUT2D eigenvalue weighted by Gasteiger charge is 2.16. The monoisotopic (exact) mass is 280 g/mol. The first-order chi connectivity index (χ1) is 9.29. The summed E-state index contributed by atoms with van der Waals surface area (Å²) in [6.07, 6.45) is 9.88. The van der Waals surface area contributed by atoms with Crippen molar-refractivity contribution in [2.45, 2.75) is 19.3 Å². The predicted octanol–water partition coefficient (Wildman–Crippen LogP) is 3.54. The molecule has 0 saturated heterocycles. The molecule has 1 aromatic heterocycles. The maximum Gasteiger partial charge on any atom is 0.128 e. The summed E-state index contributed by atoms with van der Waals surface area (Å²) < 4.78 is 5.20. The fourth-order valence-corrected chi connectivity index (χ4v) is 2.50. The van der Waals surface area contributed by atoms with Gasteiger partial charge < -0.3 is 9.64 Å². The Balaban J connectivity index is 2.01. The van der Waals surface area contributed by atoms with E-state index in [9.17, 15) is 0 Å². The van der Waals surface area contributed by atoms with Gasteiger partial charge in [-0.2, -0.15) is 0 Å². The van der Waals surface area contributed by atoms with Crippen molar-refractivity contribution < 1.29 is 4.74 Å². The molecule has 0 radical (unpaired) electrons. The highest BCUT2D eigenvalue weighted by Crippen LogP contribution is 2.22. The summed E-state index contributed by atoms with van der Waals surface area (Å²) in [4.78, 5) is 6.71. The Bertz CT molecular complexity index is 405. The summed E-state index contributed by atoms with van der Waals surface area (Å²) in [5.41, 5.74) is 0. The van der Waals surface area contributed by atoms with Gasteiger partial charge in [-0.1, -0.05) is 23.8 Å². The minimum atomic E-state index is 0.677. The van der Waals surface area contributed by atoms with Crippen molar-refractivity contribution in [3.8, 4) is 0 Å². The van der Waals surface area contributed by atoms with Crippen molar-refractivity contribution in [2.24, 2.45) is 5.92 Å². The third-order valence-corrected chi connectivity index (χ3v) is 3.68. The van der Waals surface area contributed by atoms with Crippen molar-refractivity contribution in [1.29, 1.82) is 0 Å². The maximum atomic E-state index is 5.90. The molecule has 1 aromatic rings. The lowest BCUT2D eigenvalue weighted by atomic mass is 9.94. The van der Waals surface area contributed by atoms with E-state index in [-0.39, 0.29) is 0 Å². The van der Waals surface area contributed by atoms with E-state index in [4.69, 9.17) is 16.3 Å². The Labute approximate surface area is 120 Å². The first-order valence-corrected chi connectivity index (χ1v) is 7.18.